The van der Waals surface area contributed by atoms with Crippen LogP contribution in [0.15, 0.2) is 30.7 Å². The molecular formula is C9H7ClN2O3. The van der Waals surface area contributed by atoms with Crippen molar-refractivity contribution in [1.82, 2.24) is 5.59 Å². The van der Waals surface area contributed by atoms with Gasteiger partial charge in [0.05, 0.1) is 22.5 Å². The average molecular weight is 227 g/mol. The van der Waals surface area contributed by atoms with Gasteiger partial charge in [0.2, 0.25) is 0 Å². The number of rotatable bonds is 2. The zero-order valence-electron chi connectivity index (χ0n) is 7.48. The van der Waals surface area contributed by atoms with Gasteiger partial charge in [-0.1, -0.05) is 23.3 Å². The Morgan fingerprint density at radius 1 is 1.53 bits per heavy atom. The Morgan fingerprint density at radius 2 is 2.33 bits per heavy atom. The number of halogens is 1. The third-order valence-corrected chi connectivity index (χ3v) is 2.19. The molecule has 78 valence electrons. The molecule has 0 fully saturated rings. The molecule has 0 radical (unpaired) electrons. The fourth-order valence-corrected chi connectivity index (χ4v) is 1.53. The monoisotopic (exact) mass is 226 g/mol. The zero-order chi connectivity index (χ0) is 10.8. The highest BCUT2D eigenvalue weighted by atomic mass is 35.5. The molecule has 2 N–H and O–H groups in total. The van der Waals surface area contributed by atoms with Crippen LogP contribution in [-0.2, 0) is 4.84 Å². The van der Waals surface area contributed by atoms with E-state index < -0.39 is 5.97 Å². The number of benzene rings is 1. The first-order chi connectivity index (χ1) is 7.20. The van der Waals surface area contributed by atoms with Gasteiger partial charge in [-0.15, -0.1) is 0 Å². The van der Waals surface area contributed by atoms with Gasteiger partial charge in [-0.2, -0.15) is 0 Å². The summed E-state index contributed by atoms with van der Waals surface area (Å²) in [5.74, 6) is -1.05. The summed E-state index contributed by atoms with van der Waals surface area (Å²) < 4.78 is 0. The number of hydrogen-bond donors (Lipinski definition) is 2. The van der Waals surface area contributed by atoms with E-state index in [-0.39, 0.29) is 5.56 Å². The average Bonchev–Trinajstić information content (AvgIpc) is 2.70. The lowest BCUT2D eigenvalue weighted by molar-refractivity contribution is 0.0697. The van der Waals surface area contributed by atoms with Crippen molar-refractivity contribution in [3.63, 3.8) is 0 Å². The molecule has 1 aliphatic heterocycles. The highest BCUT2D eigenvalue weighted by Gasteiger charge is 2.19. The molecule has 0 saturated heterocycles. The number of carboxylic acids is 1. The molecule has 0 saturated carbocycles. The lowest BCUT2D eigenvalue weighted by atomic mass is 10.2. The number of hydrogen-bond acceptors (Lipinski definition) is 4. The smallest absolute Gasteiger partial charge is 0.337 e. The fourth-order valence-electron chi connectivity index (χ4n) is 1.26. The second-order valence-corrected chi connectivity index (χ2v) is 3.21. The molecule has 15 heavy (non-hydrogen) atoms. The number of nitrogens with one attached hydrogen (secondary N) is 1. The third-order valence-electron chi connectivity index (χ3n) is 1.89. The molecule has 6 heteroatoms. The second-order valence-electron chi connectivity index (χ2n) is 2.81. The number of para-hydroxylation sites is 1. The van der Waals surface area contributed by atoms with Crippen LogP contribution < -0.4 is 10.6 Å². The van der Waals surface area contributed by atoms with Gasteiger partial charge in [0.25, 0.3) is 0 Å². The molecule has 1 aliphatic rings. The molecule has 0 aliphatic carbocycles. The maximum Gasteiger partial charge on any atom is 0.337 e. The molecule has 2 rings (SSSR count). The van der Waals surface area contributed by atoms with E-state index in [9.17, 15) is 4.79 Å². The Balaban J connectivity index is 2.51. The first kappa shape index (κ1) is 9.82. The summed E-state index contributed by atoms with van der Waals surface area (Å²) in [6.45, 7) is 0. The van der Waals surface area contributed by atoms with Gasteiger partial charge >= 0.3 is 5.97 Å². The predicted molar refractivity (Wildman–Crippen MR) is 54.3 cm³/mol. The van der Waals surface area contributed by atoms with Gasteiger partial charge in [0.15, 0.2) is 0 Å². The van der Waals surface area contributed by atoms with E-state index in [1.165, 1.54) is 23.5 Å². The first-order valence-electron chi connectivity index (χ1n) is 4.09. The van der Waals surface area contributed by atoms with E-state index in [0.717, 1.165) is 0 Å². The Labute approximate surface area is 90.4 Å². The molecule has 0 amide bonds. The van der Waals surface area contributed by atoms with Gasteiger partial charge in [0, 0.05) is 0 Å². The first-order valence-corrected chi connectivity index (χ1v) is 4.47. The highest BCUT2D eigenvalue weighted by molar-refractivity contribution is 6.34. The summed E-state index contributed by atoms with van der Waals surface area (Å²) in [5, 5.41) is 10.7. The summed E-state index contributed by atoms with van der Waals surface area (Å²) >= 11 is 5.92. The van der Waals surface area contributed by atoms with Crippen LogP contribution in [0.2, 0.25) is 5.02 Å². The molecule has 1 aromatic rings. The summed E-state index contributed by atoms with van der Waals surface area (Å²) in [7, 11) is 0. The predicted octanol–water partition coefficient (Wildman–Crippen LogP) is 1.77. The molecular weight excluding hydrogens is 220 g/mol. The summed E-state index contributed by atoms with van der Waals surface area (Å²) in [5.41, 5.74) is 2.93. The van der Waals surface area contributed by atoms with Gasteiger partial charge in [-0.3, -0.25) is 0 Å². The van der Waals surface area contributed by atoms with Gasteiger partial charge < -0.3 is 9.94 Å². The van der Waals surface area contributed by atoms with Gasteiger partial charge in [-0.25, -0.2) is 9.80 Å². The Hall–Kier alpha value is -1.72. The summed E-state index contributed by atoms with van der Waals surface area (Å²) in [6.07, 6.45) is 2.92. The molecule has 1 heterocycles. The van der Waals surface area contributed by atoms with E-state index in [0.29, 0.717) is 10.7 Å². The fraction of sp³-hybridized carbons (Fsp3) is 0. The number of nitrogens with zero attached hydrogens (tertiary/aromatic N) is 1. The lowest BCUT2D eigenvalue weighted by Crippen LogP contribution is -2.28. The van der Waals surface area contributed by atoms with Gasteiger partial charge in [0.1, 0.15) is 6.26 Å². The SMILES string of the molecule is O=C(O)c1cccc(Cl)c1N1C=CON1. The standard InChI is InChI=1S/C9H7ClN2O3/c10-7-3-1-2-6(9(13)14)8(7)12-4-5-15-11-12/h1-5,11H,(H,13,14). The van der Waals surface area contributed by atoms with Crippen LogP contribution in [0, 0.1) is 0 Å². The van der Waals surface area contributed by atoms with Crippen LogP contribution >= 0.6 is 11.6 Å². The van der Waals surface area contributed by atoms with Crippen LogP contribution in [0.1, 0.15) is 10.4 Å². The van der Waals surface area contributed by atoms with Crippen LogP contribution in [0.4, 0.5) is 5.69 Å². The molecule has 0 bridgehead atoms. The molecule has 0 unspecified atom stereocenters. The molecule has 5 nitrogen and oxygen atoms in total. The second kappa shape index (κ2) is 3.80. The summed E-state index contributed by atoms with van der Waals surface area (Å²) in [6, 6.07) is 4.66. The van der Waals surface area contributed by atoms with Gasteiger partial charge in [-0.05, 0) is 12.1 Å². The van der Waals surface area contributed by atoms with Crippen molar-refractivity contribution in [2.24, 2.45) is 0 Å². The number of carboxylic acid groups (broad SMARTS) is 1. The number of aromatic carboxylic acids is 1. The minimum Gasteiger partial charge on any atom is -0.478 e. The maximum absolute atomic E-state index is 11.0. The van der Waals surface area contributed by atoms with Crippen molar-refractivity contribution in [3.05, 3.63) is 41.2 Å². The maximum atomic E-state index is 11.0. The molecule has 0 aromatic heterocycles. The van der Waals surface area contributed by atoms with Crippen LogP contribution in [0.5, 0.6) is 0 Å². The van der Waals surface area contributed by atoms with Crippen LogP contribution in [-0.4, -0.2) is 11.1 Å². The topological polar surface area (TPSA) is 61.8 Å². The van der Waals surface area contributed by atoms with E-state index in [1.807, 2.05) is 0 Å². The highest BCUT2D eigenvalue weighted by Crippen LogP contribution is 2.30. The molecule has 1 aromatic carbocycles. The van der Waals surface area contributed by atoms with Crippen molar-refractivity contribution >= 4 is 23.3 Å². The zero-order valence-corrected chi connectivity index (χ0v) is 8.23. The van der Waals surface area contributed by atoms with Crippen LogP contribution in [0.3, 0.4) is 0 Å². The van der Waals surface area contributed by atoms with Crippen molar-refractivity contribution in [3.8, 4) is 0 Å². The van der Waals surface area contributed by atoms with E-state index in [1.54, 1.807) is 12.1 Å². The number of hydrazine groups is 1. The Bertz CT molecular complexity index is 433. The quantitative estimate of drug-likeness (QED) is 0.805. The Kier molecular flexibility index (Phi) is 2.49. The lowest BCUT2D eigenvalue weighted by Gasteiger charge is -2.17. The number of anilines is 1. The minimum absolute atomic E-state index is 0.102. The van der Waals surface area contributed by atoms with E-state index in [2.05, 4.69) is 5.59 Å². The van der Waals surface area contributed by atoms with Crippen molar-refractivity contribution in [2.75, 3.05) is 5.01 Å². The third kappa shape index (κ3) is 1.74. The molecule has 0 atom stereocenters. The van der Waals surface area contributed by atoms with Crippen molar-refractivity contribution in [1.29, 1.82) is 0 Å². The Morgan fingerprint density at radius 3 is 2.93 bits per heavy atom. The van der Waals surface area contributed by atoms with E-state index in [4.69, 9.17) is 21.5 Å². The molecule has 0 spiro atoms. The van der Waals surface area contributed by atoms with Crippen molar-refractivity contribution in [2.45, 2.75) is 0 Å². The number of carbonyl (C=O) groups is 1. The van der Waals surface area contributed by atoms with Crippen molar-refractivity contribution < 1.29 is 14.7 Å². The summed E-state index contributed by atoms with van der Waals surface area (Å²) in [4.78, 5) is 15.7. The van der Waals surface area contributed by atoms with Crippen LogP contribution in [0.25, 0.3) is 0 Å². The minimum atomic E-state index is -1.05. The normalized spacial score (nSPS) is 14.1. The van der Waals surface area contributed by atoms with E-state index >= 15 is 0 Å². The largest absolute Gasteiger partial charge is 0.478 e.